The third-order valence-corrected chi connectivity index (χ3v) is 2.35. The standard InChI is InChI=1S/C8H12N4O/c9-7-6(4-10-12-7)8(13)11-5-2-1-3-5/h4-5H,1-3H2,(H,11,13)(H3,9,10,12). The second-order valence-corrected chi connectivity index (χ2v) is 3.30. The molecule has 1 heterocycles. The van der Waals surface area contributed by atoms with Gasteiger partial charge >= 0.3 is 0 Å². The number of nitrogens with one attached hydrogen (secondary N) is 2. The molecule has 0 aliphatic heterocycles. The van der Waals surface area contributed by atoms with Crippen molar-refractivity contribution in [3.05, 3.63) is 11.8 Å². The van der Waals surface area contributed by atoms with E-state index in [0.717, 1.165) is 12.8 Å². The first-order chi connectivity index (χ1) is 6.27. The third kappa shape index (κ3) is 1.49. The number of amides is 1. The zero-order chi connectivity index (χ0) is 9.26. The van der Waals surface area contributed by atoms with Crippen LogP contribution in [-0.2, 0) is 0 Å². The lowest BCUT2D eigenvalue weighted by atomic mass is 9.93. The summed E-state index contributed by atoms with van der Waals surface area (Å²) < 4.78 is 0. The summed E-state index contributed by atoms with van der Waals surface area (Å²) in [5.41, 5.74) is 5.93. The number of H-pyrrole nitrogens is 1. The fourth-order valence-corrected chi connectivity index (χ4v) is 1.29. The van der Waals surface area contributed by atoms with Gasteiger partial charge in [-0.05, 0) is 19.3 Å². The Balaban J connectivity index is 2.00. The number of aromatic amines is 1. The van der Waals surface area contributed by atoms with Gasteiger partial charge in [-0.15, -0.1) is 0 Å². The van der Waals surface area contributed by atoms with E-state index in [0.29, 0.717) is 17.4 Å². The molecule has 1 aromatic heterocycles. The van der Waals surface area contributed by atoms with E-state index in [1.54, 1.807) is 0 Å². The first-order valence-electron chi connectivity index (χ1n) is 4.37. The Labute approximate surface area is 75.7 Å². The largest absolute Gasteiger partial charge is 0.383 e. The molecular formula is C8H12N4O. The van der Waals surface area contributed by atoms with Gasteiger partial charge in [0.1, 0.15) is 11.4 Å². The highest BCUT2D eigenvalue weighted by Gasteiger charge is 2.21. The Morgan fingerprint density at radius 1 is 1.69 bits per heavy atom. The lowest BCUT2D eigenvalue weighted by molar-refractivity contribution is 0.0918. The summed E-state index contributed by atoms with van der Waals surface area (Å²) in [4.78, 5) is 11.5. The molecular weight excluding hydrogens is 168 g/mol. The molecule has 1 fully saturated rings. The van der Waals surface area contributed by atoms with Gasteiger partial charge in [0.15, 0.2) is 0 Å². The van der Waals surface area contributed by atoms with E-state index in [4.69, 9.17) is 5.73 Å². The minimum absolute atomic E-state index is 0.129. The van der Waals surface area contributed by atoms with E-state index in [-0.39, 0.29) is 5.91 Å². The van der Waals surface area contributed by atoms with E-state index in [1.807, 2.05) is 0 Å². The topological polar surface area (TPSA) is 83.8 Å². The van der Waals surface area contributed by atoms with Gasteiger partial charge in [0, 0.05) is 6.04 Å². The number of carbonyl (C=O) groups excluding carboxylic acids is 1. The van der Waals surface area contributed by atoms with Gasteiger partial charge < -0.3 is 11.1 Å². The maximum Gasteiger partial charge on any atom is 0.256 e. The molecule has 0 aromatic carbocycles. The predicted molar refractivity (Wildman–Crippen MR) is 48.1 cm³/mol. The van der Waals surface area contributed by atoms with Crippen LogP contribution in [0.4, 0.5) is 5.82 Å². The van der Waals surface area contributed by atoms with Crippen LogP contribution >= 0.6 is 0 Å². The van der Waals surface area contributed by atoms with Gasteiger partial charge in [0.25, 0.3) is 5.91 Å². The summed E-state index contributed by atoms with van der Waals surface area (Å²) in [5.74, 6) is 0.202. The molecule has 0 radical (unpaired) electrons. The molecule has 1 aromatic rings. The molecule has 0 bridgehead atoms. The number of carbonyl (C=O) groups is 1. The van der Waals surface area contributed by atoms with E-state index < -0.39 is 0 Å². The van der Waals surface area contributed by atoms with Gasteiger partial charge in [-0.2, -0.15) is 5.10 Å². The normalized spacial score (nSPS) is 16.6. The van der Waals surface area contributed by atoms with Crippen molar-refractivity contribution in [2.24, 2.45) is 0 Å². The fraction of sp³-hybridized carbons (Fsp3) is 0.500. The molecule has 1 aliphatic rings. The van der Waals surface area contributed by atoms with E-state index in [9.17, 15) is 4.79 Å². The van der Waals surface area contributed by atoms with Crippen molar-refractivity contribution >= 4 is 11.7 Å². The average Bonchev–Trinajstić information content (AvgIpc) is 2.43. The number of hydrogen-bond donors (Lipinski definition) is 3. The Morgan fingerprint density at radius 3 is 2.92 bits per heavy atom. The summed E-state index contributed by atoms with van der Waals surface area (Å²) in [6.45, 7) is 0. The van der Waals surface area contributed by atoms with Crippen LogP contribution in [0.15, 0.2) is 6.20 Å². The van der Waals surface area contributed by atoms with Crippen molar-refractivity contribution in [2.75, 3.05) is 5.73 Å². The number of aromatic nitrogens is 2. The molecule has 0 atom stereocenters. The number of hydrogen-bond acceptors (Lipinski definition) is 3. The molecule has 5 nitrogen and oxygen atoms in total. The SMILES string of the molecule is Nc1[nH]ncc1C(=O)NC1CCC1. The lowest BCUT2D eigenvalue weighted by Gasteiger charge is -2.26. The van der Waals surface area contributed by atoms with Gasteiger partial charge in [0.2, 0.25) is 0 Å². The van der Waals surface area contributed by atoms with Gasteiger partial charge in [0.05, 0.1) is 6.20 Å². The molecule has 0 unspecified atom stereocenters. The molecule has 13 heavy (non-hydrogen) atoms. The van der Waals surface area contributed by atoms with Gasteiger partial charge in [-0.25, -0.2) is 0 Å². The summed E-state index contributed by atoms with van der Waals surface area (Å²) in [5, 5.41) is 9.09. The van der Waals surface area contributed by atoms with Crippen molar-refractivity contribution in [2.45, 2.75) is 25.3 Å². The first kappa shape index (κ1) is 8.10. The molecule has 1 saturated carbocycles. The predicted octanol–water partition coefficient (Wildman–Crippen LogP) is 0.274. The second-order valence-electron chi connectivity index (χ2n) is 3.30. The fourth-order valence-electron chi connectivity index (χ4n) is 1.29. The third-order valence-electron chi connectivity index (χ3n) is 2.35. The Morgan fingerprint density at radius 2 is 2.46 bits per heavy atom. The van der Waals surface area contributed by atoms with E-state index in [1.165, 1.54) is 12.6 Å². The average molecular weight is 180 g/mol. The van der Waals surface area contributed by atoms with Crippen LogP contribution in [0.2, 0.25) is 0 Å². The minimum atomic E-state index is -0.129. The molecule has 0 spiro atoms. The van der Waals surface area contributed by atoms with Crippen molar-refractivity contribution < 1.29 is 4.79 Å². The van der Waals surface area contributed by atoms with Crippen molar-refractivity contribution in [3.8, 4) is 0 Å². The summed E-state index contributed by atoms with van der Waals surface area (Å²) in [7, 11) is 0. The number of anilines is 1. The quantitative estimate of drug-likeness (QED) is 0.611. The molecule has 1 aliphatic carbocycles. The van der Waals surface area contributed by atoms with Gasteiger partial charge in [-0.3, -0.25) is 9.89 Å². The molecule has 70 valence electrons. The molecule has 4 N–H and O–H groups in total. The van der Waals surface area contributed by atoms with Crippen LogP contribution in [0.1, 0.15) is 29.6 Å². The van der Waals surface area contributed by atoms with Crippen molar-refractivity contribution in [1.29, 1.82) is 0 Å². The van der Waals surface area contributed by atoms with E-state index >= 15 is 0 Å². The van der Waals surface area contributed by atoms with Gasteiger partial charge in [-0.1, -0.05) is 0 Å². The van der Waals surface area contributed by atoms with Crippen LogP contribution < -0.4 is 11.1 Å². The maximum atomic E-state index is 11.5. The highest BCUT2D eigenvalue weighted by Crippen LogP contribution is 2.19. The Hall–Kier alpha value is -1.52. The number of rotatable bonds is 2. The van der Waals surface area contributed by atoms with E-state index in [2.05, 4.69) is 15.5 Å². The van der Waals surface area contributed by atoms with Crippen LogP contribution in [0, 0.1) is 0 Å². The molecule has 0 saturated heterocycles. The van der Waals surface area contributed by atoms with Crippen LogP contribution in [-0.4, -0.2) is 22.1 Å². The van der Waals surface area contributed by atoms with Crippen LogP contribution in [0.25, 0.3) is 0 Å². The number of nitrogens with zero attached hydrogens (tertiary/aromatic N) is 1. The number of nitrogens with two attached hydrogens (primary N) is 1. The second kappa shape index (κ2) is 3.08. The van der Waals surface area contributed by atoms with Crippen LogP contribution in [0.3, 0.4) is 0 Å². The smallest absolute Gasteiger partial charge is 0.256 e. The summed E-state index contributed by atoms with van der Waals surface area (Å²) in [6, 6.07) is 0.335. The highest BCUT2D eigenvalue weighted by molar-refractivity contribution is 5.98. The van der Waals surface area contributed by atoms with Crippen molar-refractivity contribution in [3.63, 3.8) is 0 Å². The maximum absolute atomic E-state index is 11.5. The Kier molecular flexibility index (Phi) is 1.92. The summed E-state index contributed by atoms with van der Waals surface area (Å²) in [6.07, 6.45) is 4.79. The lowest BCUT2D eigenvalue weighted by Crippen LogP contribution is -2.39. The molecule has 5 heteroatoms. The van der Waals surface area contributed by atoms with Crippen LogP contribution in [0.5, 0.6) is 0 Å². The monoisotopic (exact) mass is 180 g/mol. The van der Waals surface area contributed by atoms with Crippen molar-refractivity contribution in [1.82, 2.24) is 15.5 Å². The Bertz CT molecular complexity index is 316. The first-order valence-corrected chi connectivity index (χ1v) is 4.37. The number of nitrogen functional groups attached to an aromatic ring is 1. The molecule has 2 rings (SSSR count). The zero-order valence-corrected chi connectivity index (χ0v) is 7.21. The minimum Gasteiger partial charge on any atom is -0.383 e. The summed E-state index contributed by atoms with van der Waals surface area (Å²) >= 11 is 0. The zero-order valence-electron chi connectivity index (χ0n) is 7.21. The highest BCUT2D eigenvalue weighted by atomic mass is 16.1. The molecule has 1 amide bonds.